The molecular weight excluding hydrogens is 286 g/mol. The maximum Gasteiger partial charge on any atom is 0.317 e. The Morgan fingerprint density at radius 2 is 1.73 bits per heavy atom. The molecule has 0 saturated carbocycles. The zero-order valence-electron chi connectivity index (χ0n) is 13.8. The highest BCUT2D eigenvalue weighted by Crippen LogP contribution is 2.21. The molecule has 0 aromatic rings. The summed E-state index contributed by atoms with van der Waals surface area (Å²) in [4.78, 5) is 36.4. The van der Waals surface area contributed by atoms with Crippen molar-refractivity contribution >= 4 is 17.9 Å². The topological polar surface area (TPSA) is 98.7 Å². The average Bonchev–Trinajstić information content (AvgIpc) is 2.41. The molecule has 0 bridgehead atoms. The van der Waals surface area contributed by atoms with E-state index in [0.717, 1.165) is 0 Å². The first-order valence-electron chi connectivity index (χ1n) is 7.65. The molecule has 2 atom stereocenters. The van der Waals surface area contributed by atoms with Gasteiger partial charge in [-0.15, -0.1) is 0 Å². The highest BCUT2D eigenvalue weighted by molar-refractivity contribution is 5.81. The van der Waals surface area contributed by atoms with Gasteiger partial charge in [0.2, 0.25) is 5.91 Å². The van der Waals surface area contributed by atoms with Gasteiger partial charge < -0.3 is 20.6 Å². The van der Waals surface area contributed by atoms with Gasteiger partial charge in [-0.3, -0.25) is 9.59 Å². The predicted molar refractivity (Wildman–Crippen MR) is 82.3 cm³/mol. The van der Waals surface area contributed by atoms with E-state index in [9.17, 15) is 14.4 Å². The Kier molecular flexibility index (Phi) is 6.20. The van der Waals surface area contributed by atoms with Crippen LogP contribution in [0, 0.1) is 17.3 Å². The van der Waals surface area contributed by atoms with Crippen molar-refractivity contribution in [1.82, 2.24) is 15.5 Å². The lowest BCUT2D eigenvalue weighted by atomic mass is 9.91. The van der Waals surface area contributed by atoms with Crippen molar-refractivity contribution in [2.45, 2.75) is 34.1 Å². The number of aliphatic carboxylic acids is 1. The number of amides is 3. The van der Waals surface area contributed by atoms with Crippen LogP contribution in [0.5, 0.6) is 0 Å². The zero-order valence-corrected chi connectivity index (χ0v) is 13.8. The number of rotatable bonds is 4. The Hall–Kier alpha value is -1.79. The van der Waals surface area contributed by atoms with E-state index in [1.54, 1.807) is 4.90 Å². The van der Waals surface area contributed by atoms with E-state index < -0.39 is 17.3 Å². The second-order valence-electron chi connectivity index (χ2n) is 7.02. The van der Waals surface area contributed by atoms with E-state index in [0.29, 0.717) is 26.1 Å². The molecule has 0 radical (unpaired) electrons. The number of piperidine rings is 1. The highest BCUT2D eigenvalue weighted by atomic mass is 16.4. The molecule has 22 heavy (non-hydrogen) atoms. The number of urea groups is 1. The summed E-state index contributed by atoms with van der Waals surface area (Å²) in [5, 5.41) is 14.6. The summed E-state index contributed by atoms with van der Waals surface area (Å²) in [6.45, 7) is 8.88. The molecule has 7 heteroatoms. The molecule has 0 aromatic heterocycles. The lowest BCUT2D eigenvalue weighted by Gasteiger charge is -2.34. The lowest BCUT2D eigenvalue weighted by molar-refractivity contribution is -0.143. The number of hydrogen-bond acceptors (Lipinski definition) is 3. The molecule has 1 saturated heterocycles. The molecule has 0 aromatic carbocycles. The number of carboxylic acids is 1. The molecule has 1 aliphatic rings. The SMILES string of the molecule is CC1CC(C(=O)O)CN(C(=O)NCCNC(=O)C(C)(C)C)C1. The first-order chi connectivity index (χ1) is 10.1. The minimum atomic E-state index is -0.859. The predicted octanol–water partition coefficient (Wildman–Crippen LogP) is 0.901. The third kappa shape index (κ3) is 5.54. The molecular formula is C15H27N3O4. The smallest absolute Gasteiger partial charge is 0.317 e. The standard InChI is InChI=1S/C15H27N3O4/c1-10-7-11(12(19)20)9-18(8-10)14(22)17-6-5-16-13(21)15(2,3)4/h10-11H,5-9H2,1-4H3,(H,16,21)(H,17,22)(H,19,20). The Morgan fingerprint density at radius 3 is 2.27 bits per heavy atom. The molecule has 1 aliphatic heterocycles. The van der Waals surface area contributed by atoms with Crippen LogP contribution in [0.1, 0.15) is 34.1 Å². The number of carbonyl (C=O) groups excluding carboxylic acids is 2. The van der Waals surface area contributed by atoms with Crippen molar-refractivity contribution in [2.24, 2.45) is 17.3 Å². The second kappa shape index (κ2) is 7.47. The van der Waals surface area contributed by atoms with Crippen LogP contribution in [-0.2, 0) is 9.59 Å². The fourth-order valence-electron chi connectivity index (χ4n) is 2.42. The van der Waals surface area contributed by atoms with Gasteiger partial charge in [-0.2, -0.15) is 0 Å². The summed E-state index contributed by atoms with van der Waals surface area (Å²) >= 11 is 0. The van der Waals surface area contributed by atoms with E-state index >= 15 is 0 Å². The normalized spacial score (nSPS) is 22.1. The van der Waals surface area contributed by atoms with Gasteiger partial charge in [-0.05, 0) is 12.3 Å². The Bertz CT molecular complexity index is 431. The summed E-state index contributed by atoms with van der Waals surface area (Å²) in [7, 11) is 0. The third-order valence-corrected chi connectivity index (χ3v) is 3.66. The van der Waals surface area contributed by atoms with Crippen molar-refractivity contribution in [1.29, 1.82) is 0 Å². The molecule has 2 unspecified atom stereocenters. The van der Waals surface area contributed by atoms with Gasteiger partial charge in [-0.1, -0.05) is 27.7 Å². The number of carbonyl (C=O) groups is 3. The van der Waals surface area contributed by atoms with Crippen LogP contribution >= 0.6 is 0 Å². The number of nitrogens with zero attached hydrogens (tertiary/aromatic N) is 1. The molecule has 1 rings (SSSR count). The number of hydrogen-bond donors (Lipinski definition) is 3. The fraction of sp³-hybridized carbons (Fsp3) is 0.800. The van der Waals surface area contributed by atoms with E-state index in [-0.39, 0.29) is 24.4 Å². The van der Waals surface area contributed by atoms with Crippen molar-refractivity contribution in [3.63, 3.8) is 0 Å². The first kappa shape index (κ1) is 18.3. The minimum absolute atomic E-state index is 0.0701. The fourth-order valence-corrected chi connectivity index (χ4v) is 2.42. The van der Waals surface area contributed by atoms with Gasteiger partial charge in [0, 0.05) is 31.6 Å². The average molecular weight is 313 g/mol. The molecule has 3 amide bonds. The number of likely N-dealkylation sites (tertiary alicyclic amines) is 1. The van der Waals surface area contributed by atoms with Crippen molar-refractivity contribution < 1.29 is 19.5 Å². The van der Waals surface area contributed by atoms with Crippen LogP contribution in [0.4, 0.5) is 4.79 Å². The van der Waals surface area contributed by atoms with E-state index in [4.69, 9.17) is 5.11 Å². The van der Waals surface area contributed by atoms with Gasteiger partial charge in [0.1, 0.15) is 0 Å². The van der Waals surface area contributed by atoms with Crippen molar-refractivity contribution in [3.05, 3.63) is 0 Å². The lowest BCUT2D eigenvalue weighted by Crippen LogP contribution is -2.50. The van der Waals surface area contributed by atoms with Crippen molar-refractivity contribution in [2.75, 3.05) is 26.2 Å². The quantitative estimate of drug-likeness (QED) is 0.672. The summed E-state index contributed by atoms with van der Waals surface area (Å²) in [6, 6.07) is -0.275. The number of nitrogens with one attached hydrogen (secondary N) is 2. The van der Waals surface area contributed by atoms with Crippen LogP contribution in [0.3, 0.4) is 0 Å². The van der Waals surface area contributed by atoms with Gasteiger partial charge in [0.05, 0.1) is 5.92 Å². The first-order valence-corrected chi connectivity index (χ1v) is 7.65. The van der Waals surface area contributed by atoms with Gasteiger partial charge in [0.15, 0.2) is 0 Å². The molecule has 0 aliphatic carbocycles. The maximum absolute atomic E-state index is 12.1. The van der Waals surface area contributed by atoms with Crippen LogP contribution < -0.4 is 10.6 Å². The van der Waals surface area contributed by atoms with Crippen LogP contribution in [0.15, 0.2) is 0 Å². The zero-order chi connectivity index (χ0) is 16.9. The number of carboxylic acid groups (broad SMARTS) is 1. The van der Waals surface area contributed by atoms with Gasteiger partial charge in [0.25, 0.3) is 0 Å². The largest absolute Gasteiger partial charge is 0.481 e. The summed E-state index contributed by atoms with van der Waals surface area (Å²) < 4.78 is 0. The Morgan fingerprint density at radius 1 is 1.14 bits per heavy atom. The van der Waals surface area contributed by atoms with E-state index in [2.05, 4.69) is 10.6 Å². The van der Waals surface area contributed by atoms with Crippen LogP contribution in [0.2, 0.25) is 0 Å². The van der Waals surface area contributed by atoms with Gasteiger partial charge in [-0.25, -0.2) is 4.79 Å². The summed E-state index contributed by atoms with van der Waals surface area (Å²) in [6.07, 6.45) is 0.598. The highest BCUT2D eigenvalue weighted by Gasteiger charge is 2.31. The Labute approximate surface area is 131 Å². The minimum Gasteiger partial charge on any atom is -0.481 e. The van der Waals surface area contributed by atoms with E-state index in [1.165, 1.54) is 0 Å². The molecule has 1 heterocycles. The third-order valence-electron chi connectivity index (χ3n) is 3.66. The summed E-state index contributed by atoms with van der Waals surface area (Å²) in [5.74, 6) is -1.27. The Balaban J connectivity index is 2.36. The van der Waals surface area contributed by atoms with Gasteiger partial charge >= 0.3 is 12.0 Å². The maximum atomic E-state index is 12.1. The molecule has 7 nitrogen and oxygen atoms in total. The summed E-state index contributed by atoms with van der Waals surface area (Å²) in [5.41, 5.74) is -0.457. The molecule has 126 valence electrons. The molecule has 0 spiro atoms. The van der Waals surface area contributed by atoms with Crippen molar-refractivity contribution in [3.8, 4) is 0 Å². The molecule has 1 fully saturated rings. The van der Waals surface area contributed by atoms with Crippen LogP contribution in [-0.4, -0.2) is 54.1 Å². The monoisotopic (exact) mass is 313 g/mol. The molecule has 3 N–H and O–H groups in total. The second-order valence-corrected chi connectivity index (χ2v) is 7.02. The van der Waals surface area contributed by atoms with E-state index in [1.807, 2.05) is 27.7 Å². The van der Waals surface area contributed by atoms with Crippen LogP contribution in [0.25, 0.3) is 0 Å².